The fourth-order valence-corrected chi connectivity index (χ4v) is 2.97. The Kier molecular flexibility index (Phi) is 7.10. The first-order valence-corrected chi connectivity index (χ1v) is 9.17. The fraction of sp³-hybridized carbons (Fsp3) is 0.474. The minimum absolute atomic E-state index is 0.477. The molecule has 0 unspecified atom stereocenters. The van der Waals surface area contributed by atoms with Gasteiger partial charge in [0.25, 0.3) is 0 Å². The van der Waals surface area contributed by atoms with Crippen LogP contribution in [0.15, 0.2) is 24.4 Å². The molecule has 1 aliphatic rings. The van der Waals surface area contributed by atoms with Crippen LogP contribution < -0.4 is 24.8 Å². The Morgan fingerprint density at radius 2 is 1.79 bits per heavy atom. The van der Waals surface area contributed by atoms with Gasteiger partial charge in [0.2, 0.25) is 11.7 Å². The lowest BCUT2D eigenvalue weighted by Gasteiger charge is -2.26. The molecule has 0 spiro atoms. The van der Waals surface area contributed by atoms with E-state index in [4.69, 9.17) is 18.9 Å². The monoisotopic (exact) mass is 389 g/mol. The van der Waals surface area contributed by atoms with E-state index in [0.717, 1.165) is 50.9 Å². The van der Waals surface area contributed by atoms with E-state index in [2.05, 4.69) is 25.5 Å². The van der Waals surface area contributed by atoms with E-state index < -0.39 is 0 Å². The van der Waals surface area contributed by atoms with Gasteiger partial charge in [-0.05, 0) is 6.07 Å². The lowest BCUT2D eigenvalue weighted by Crippen LogP contribution is -2.39. The number of benzene rings is 1. The van der Waals surface area contributed by atoms with Crippen molar-refractivity contribution in [3.05, 3.63) is 24.4 Å². The first kappa shape index (κ1) is 20.0. The molecule has 1 aliphatic heterocycles. The summed E-state index contributed by atoms with van der Waals surface area (Å²) in [6.45, 7) is 5.30. The number of rotatable bonds is 9. The summed E-state index contributed by atoms with van der Waals surface area (Å²) in [5.74, 6) is 2.90. The van der Waals surface area contributed by atoms with Crippen molar-refractivity contribution in [2.24, 2.45) is 0 Å². The minimum Gasteiger partial charge on any atom is -0.493 e. The van der Waals surface area contributed by atoms with Crippen LogP contribution in [0.4, 0.5) is 17.5 Å². The van der Waals surface area contributed by atoms with Gasteiger partial charge in [0.1, 0.15) is 5.82 Å². The molecule has 152 valence electrons. The van der Waals surface area contributed by atoms with Crippen LogP contribution in [0, 0.1) is 0 Å². The molecule has 0 amide bonds. The van der Waals surface area contributed by atoms with Crippen molar-refractivity contribution >= 4 is 17.5 Å². The summed E-state index contributed by atoms with van der Waals surface area (Å²) >= 11 is 0. The molecule has 3 rings (SSSR count). The molecule has 1 saturated heterocycles. The number of methoxy groups -OCH3 is 3. The molecule has 9 nitrogen and oxygen atoms in total. The van der Waals surface area contributed by atoms with Gasteiger partial charge in [0.05, 0.1) is 34.5 Å². The average Bonchev–Trinajstić information content (AvgIpc) is 2.74. The second-order valence-corrected chi connectivity index (χ2v) is 6.19. The highest BCUT2D eigenvalue weighted by Gasteiger charge is 2.14. The standard InChI is InChI=1S/C19H27N5O4/c1-25-15-12-14(13-16(26-2)18(15)27-3)22-19-21-5-4-17(23-19)20-6-7-24-8-10-28-11-9-24/h4-5,12-13H,6-11H2,1-3H3,(H2,20,21,22,23). The molecule has 2 heterocycles. The smallest absolute Gasteiger partial charge is 0.229 e. The summed E-state index contributed by atoms with van der Waals surface area (Å²) < 4.78 is 21.5. The maximum absolute atomic E-state index is 5.38. The van der Waals surface area contributed by atoms with Gasteiger partial charge in [-0.1, -0.05) is 0 Å². The van der Waals surface area contributed by atoms with E-state index in [0.29, 0.717) is 23.2 Å². The average molecular weight is 389 g/mol. The Morgan fingerprint density at radius 3 is 2.43 bits per heavy atom. The van der Waals surface area contributed by atoms with Gasteiger partial charge in [0, 0.05) is 50.2 Å². The van der Waals surface area contributed by atoms with Crippen LogP contribution in [0.25, 0.3) is 0 Å². The molecule has 0 atom stereocenters. The summed E-state index contributed by atoms with van der Waals surface area (Å²) in [5, 5.41) is 6.52. The van der Waals surface area contributed by atoms with Crippen LogP contribution in [0.1, 0.15) is 0 Å². The second-order valence-electron chi connectivity index (χ2n) is 6.19. The van der Waals surface area contributed by atoms with Crippen molar-refractivity contribution < 1.29 is 18.9 Å². The van der Waals surface area contributed by atoms with Gasteiger partial charge in [-0.3, -0.25) is 4.90 Å². The maximum Gasteiger partial charge on any atom is 0.229 e. The Balaban J connectivity index is 1.63. The number of anilines is 3. The summed E-state index contributed by atoms with van der Waals surface area (Å²) in [7, 11) is 4.73. The van der Waals surface area contributed by atoms with Crippen molar-refractivity contribution in [2.45, 2.75) is 0 Å². The van der Waals surface area contributed by atoms with Crippen molar-refractivity contribution in [3.8, 4) is 17.2 Å². The summed E-state index contributed by atoms with van der Waals surface area (Å²) in [6, 6.07) is 5.46. The molecule has 2 aromatic rings. The third-order valence-electron chi connectivity index (χ3n) is 4.41. The van der Waals surface area contributed by atoms with Crippen molar-refractivity contribution in [1.82, 2.24) is 14.9 Å². The van der Waals surface area contributed by atoms with E-state index in [9.17, 15) is 0 Å². The number of morpholine rings is 1. The van der Waals surface area contributed by atoms with Gasteiger partial charge < -0.3 is 29.6 Å². The van der Waals surface area contributed by atoms with E-state index in [1.807, 2.05) is 18.2 Å². The number of hydrogen-bond acceptors (Lipinski definition) is 9. The third kappa shape index (κ3) is 5.14. The number of hydrogen-bond donors (Lipinski definition) is 2. The lowest BCUT2D eigenvalue weighted by molar-refractivity contribution is 0.0398. The molecule has 28 heavy (non-hydrogen) atoms. The Bertz CT molecular complexity index is 743. The second kappa shape index (κ2) is 9.95. The first-order chi connectivity index (χ1) is 13.7. The molecule has 0 bridgehead atoms. The Morgan fingerprint density at radius 1 is 1.07 bits per heavy atom. The molecule has 2 N–H and O–H groups in total. The largest absolute Gasteiger partial charge is 0.493 e. The SMILES string of the molecule is COc1cc(Nc2nccc(NCCN3CCOCC3)n2)cc(OC)c1OC. The topological polar surface area (TPSA) is 90.0 Å². The van der Waals surface area contributed by atoms with E-state index in [-0.39, 0.29) is 0 Å². The van der Waals surface area contributed by atoms with Gasteiger partial charge in [-0.15, -0.1) is 0 Å². The van der Waals surface area contributed by atoms with E-state index >= 15 is 0 Å². The first-order valence-electron chi connectivity index (χ1n) is 9.17. The number of nitrogens with zero attached hydrogens (tertiary/aromatic N) is 3. The highest BCUT2D eigenvalue weighted by molar-refractivity contribution is 5.66. The van der Waals surface area contributed by atoms with Crippen molar-refractivity contribution in [2.75, 3.05) is 71.4 Å². The van der Waals surface area contributed by atoms with Crippen LogP contribution in [0.2, 0.25) is 0 Å². The molecule has 1 fully saturated rings. The summed E-state index contributed by atoms with van der Waals surface area (Å²) in [6.07, 6.45) is 1.71. The lowest BCUT2D eigenvalue weighted by atomic mass is 10.2. The van der Waals surface area contributed by atoms with Crippen LogP contribution >= 0.6 is 0 Å². The van der Waals surface area contributed by atoms with Gasteiger partial charge in [-0.2, -0.15) is 4.98 Å². The number of aromatic nitrogens is 2. The molecule has 0 aliphatic carbocycles. The highest BCUT2D eigenvalue weighted by Crippen LogP contribution is 2.40. The van der Waals surface area contributed by atoms with Gasteiger partial charge >= 0.3 is 0 Å². The molecule has 0 radical (unpaired) electrons. The van der Waals surface area contributed by atoms with Crippen LogP contribution in [-0.4, -0.2) is 75.6 Å². The summed E-state index contributed by atoms with van der Waals surface area (Å²) in [4.78, 5) is 11.2. The number of nitrogens with one attached hydrogen (secondary N) is 2. The molecular formula is C19H27N5O4. The number of ether oxygens (including phenoxy) is 4. The van der Waals surface area contributed by atoms with Crippen LogP contribution in [-0.2, 0) is 4.74 Å². The minimum atomic E-state index is 0.477. The predicted octanol–water partition coefficient (Wildman–Crippen LogP) is 1.99. The van der Waals surface area contributed by atoms with Crippen LogP contribution in [0.3, 0.4) is 0 Å². The van der Waals surface area contributed by atoms with Gasteiger partial charge in [-0.25, -0.2) is 4.98 Å². The van der Waals surface area contributed by atoms with Crippen molar-refractivity contribution in [3.63, 3.8) is 0 Å². The van der Waals surface area contributed by atoms with E-state index in [1.54, 1.807) is 27.5 Å². The normalized spacial score (nSPS) is 14.4. The maximum atomic E-state index is 5.38. The fourth-order valence-electron chi connectivity index (χ4n) is 2.97. The zero-order valence-electron chi connectivity index (χ0n) is 16.5. The van der Waals surface area contributed by atoms with Gasteiger partial charge in [0.15, 0.2) is 11.5 Å². The predicted molar refractivity (Wildman–Crippen MR) is 107 cm³/mol. The molecule has 1 aromatic heterocycles. The summed E-state index contributed by atoms with van der Waals surface area (Å²) in [5.41, 5.74) is 0.736. The highest BCUT2D eigenvalue weighted by atomic mass is 16.5. The molecular weight excluding hydrogens is 362 g/mol. The van der Waals surface area contributed by atoms with E-state index in [1.165, 1.54) is 0 Å². The Hall–Kier alpha value is -2.78. The molecule has 1 aromatic carbocycles. The zero-order chi connectivity index (χ0) is 19.8. The Labute approximate surface area is 165 Å². The molecule has 9 heteroatoms. The quantitative estimate of drug-likeness (QED) is 0.668. The third-order valence-corrected chi connectivity index (χ3v) is 4.41. The van der Waals surface area contributed by atoms with Crippen LogP contribution in [0.5, 0.6) is 17.2 Å². The zero-order valence-corrected chi connectivity index (χ0v) is 16.5. The molecule has 0 saturated carbocycles. The van der Waals surface area contributed by atoms with Crippen molar-refractivity contribution in [1.29, 1.82) is 0 Å².